The number of amides is 1. The Balaban J connectivity index is 1.69. The number of aromatic amines is 1. The Hall–Kier alpha value is -2.30. The molecule has 1 atom stereocenters. The molecule has 116 valence electrons. The largest absolute Gasteiger partial charge is 0.481 e. The van der Waals surface area contributed by atoms with Crippen LogP contribution in [-0.4, -0.2) is 40.0 Å². The Morgan fingerprint density at radius 2 is 1.95 bits per heavy atom. The van der Waals surface area contributed by atoms with Crippen molar-refractivity contribution in [1.29, 1.82) is 0 Å². The number of nitrogens with one attached hydrogen (secondary N) is 1. The van der Waals surface area contributed by atoms with Crippen LogP contribution in [0.4, 0.5) is 0 Å². The topological polar surface area (TPSA) is 73.4 Å². The van der Waals surface area contributed by atoms with Gasteiger partial charge in [-0.15, -0.1) is 0 Å². The van der Waals surface area contributed by atoms with Crippen molar-refractivity contribution in [1.82, 2.24) is 9.88 Å². The van der Waals surface area contributed by atoms with Gasteiger partial charge in [0.05, 0.1) is 0 Å². The Morgan fingerprint density at radius 3 is 2.64 bits per heavy atom. The number of rotatable bonds is 3. The maximum Gasteiger partial charge on any atom is 0.315 e. The van der Waals surface area contributed by atoms with Gasteiger partial charge in [-0.1, -0.05) is 18.2 Å². The molecule has 3 rings (SSSR count). The van der Waals surface area contributed by atoms with E-state index in [1.165, 1.54) is 17.9 Å². The first kappa shape index (κ1) is 14.6. The number of hydrogen-bond acceptors (Lipinski definition) is 2. The molecule has 0 radical (unpaired) electrons. The van der Waals surface area contributed by atoms with Crippen LogP contribution in [0.1, 0.15) is 31.2 Å². The molecular weight excluding hydrogens is 280 g/mol. The zero-order valence-corrected chi connectivity index (χ0v) is 12.6. The molecule has 0 aliphatic carbocycles. The summed E-state index contributed by atoms with van der Waals surface area (Å²) in [5, 5.41) is 10.2. The fourth-order valence-corrected chi connectivity index (χ4v) is 3.22. The van der Waals surface area contributed by atoms with E-state index in [0.29, 0.717) is 19.0 Å². The number of carboxylic acids is 1. The van der Waals surface area contributed by atoms with E-state index in [4.69, 9.17) is 5.11 Å². The smallest absolute Gasteiger partial charge is 0.315 e. The SMILES string of the molecule is CC(C(=O)O)C(=O)N1CCC(c2c[nH]c3ccccc23)CC1. The highest BCUT2D eigenvalue weighted by molar-refractivity contribution is 5.96. The number of carboxylic acid groups (broad SMARTS) is 1. The highest BCUT2D eigenvalue weighted by atomic mass is 16.4. The molecule has 22 heavy (non-hydrogen) atoms. The van der Waals surface area contributed by atoms with E-state index in [1.807, 2.05) is 12.1 Å². The Bertz CT molecular complexity index is 699. The van der Waals surface area contributed by atoms with Gasteiger partial charge in [-0.3, -0.25) is 9.59 Å². The van der Waals surface area contributed by atoms with Gasteiger partial charge >= 0.3 is 5.97 Å². The van der Waals surface area contributed by atoms with Crippen molar-refractivity contribution in [3.8, 4) is 0 Å². The van der Waals surface area contributed by atoms with Crippen LogP contribution in [0.3, 0.4) is 0 Å². The summed E-state index contributed by atoms with van der Waals surface area (Å²) in [4.78, 5) is 28.0. The van der Waals surface area contributed by atoms with Crippen molar-refractivity contribution in [2.45, 2.75) is 25.7 Å². The van der Waals surface area contributed by atoms with Crippen LogP contribution in [0.2, 0.25) is 0 Å². The van der Waals surface area contributed by atoms with Gasteiger partial charge in [0.2, 0.25) is 5.91 Å². The van der Waals surface area contributed by atoms with E-state index in [9.17, 15) is 9.59 Å². The maximum atomic E-state index is 12.1. The average Bonchev–Trinajstić information content (AvgIpc) is 2.97. The predicted octanol–water partition coefficient (Wildman–Crippen LogP) is 2.59. The van der Waals surface area contributed by atoms with E-state index < -0.39 is 11.9 Å². The van der Waals surface area contributed by atoms with Crippen LogP contribution >= 0.6 is 0 Å². The molecule has 1 unspecified atom stereocenters. The van der Waals surface area contributed by atoms with Crippen molar-refractivity contribution < 1.29 is 14.7 Å². The van der Waals surface area contributed by atoms with Crippen molar-refractivity contribution in [2.75, 3.05) is 13.1 Å². The standard InChI is InChI=1S/C17H20N2O3/c1-11(17(21)22)16(20)19-8-6-12(7-9-19)14-10-18-15-5-3-2-4-13(14)15/h2-5,10-12,18H,6-9H2,1H3,(H,21,22). The molecule has 1 aliphatic heterocycles. The lowest BCUT2D eigenvalue weighted by Gasteiger charge is -2.33. The van der Waals surface area contributed by atoms with Gasteiger partial charge in [-0.05, 0) is 37.3 Å². The van der Waals surface area contributed by atoms with E-state index in [-0.39, 0.29) is 5.91 Å². The first-order valence-electron chi connectivity index (χ1n) is 7.65. The molecular formula is C17H20N2O3. The Kier molecular flexibility index (Phi) is 3.88. The Morgan fingerprint density at radius 1 is 1.27 bits per heavy atom. The van der Waals surface area contributed by atoms with Gasteiger partial charge in [0, 0.05) is 30.2 Å². The van der Waals surface area contributed by atoms with E-state index >= 15 is 0 Å². The normalized spacial score (nSPS) is 17.6. The van der Waals surface area contributed by atoms with Gasteiger partial charge in [0.15, 0.2) is 0 Å². The first-order valence-corrected chi connectivity index (χ1v) is 7.65. The molecule has 0 spiro atoms. The van der Waals surface area contributed by atoms with Crippen molar-refractivity contribution >= 4 is 22.8 Å². The minimum atomic E-state index is -1.05. The summed E-state index contributed by atoms with van der Waals surface area (Å²) in [6.45, 7) is 2.71. The summed E-state index contributed by atoms with van der Waals surface area (Å²) >= 11 is 0. The number of likely N-dealkylation sites (tertiary alicyclic amines) is 1. The lowest BCUT2D eigenvalue weighted by molar-refractivity contribution is -0.150. The number of carbonyl (C=O) groups excluding carboxylic acids is 1. The molecule has 1 saturated heterocycles. The highest BCUT2D eigenvalue weighted by Gasteiger charge is 2.30. The summed E-state index contributed by atoms with van der Waals surface area (Å²) in [7, 11) is 0. The third-order valence-corrected chi connectivity index (χ3v) is 4.61. The van der Waals surface area contributed by atoms with Crippen LogP contribution in [0.15, 0.2) is 30.5 Å². The second-order valence-corrected chi connectivity index (χ2v) is 5.95. The lowest BCUT2D eigenvalue weighted by Crippen LogP contribution is -2.42. The molecule has 5 nitrogen and oxygen atoms in total. The van der Waals surface area contributed by atoms with E-state index in [0.717, 1.165) is 18.4 Å². The maximum absolute atomic E-state index is 12.1. The number of fused-ring (bicyclic) bond motifs is 1. The zero-order valence-electron chi connectivity index (χ0n) is 12.6. The second-order valence-electron chi connectivity index (χ2n) is 5.95. The zero-order chi connectivity index (χ0) is 15.7. The molecule has 1 aromatic heterocycles. The van der Waals surface area contributed by atoms with Gasteiger partial charge in [-0.2, -0.15) is 0 Å². The molecule has 2 aromatic rings. The minimum Gasteiger partial charge on any atom is -0.481 e. The molecule has 0 bridgehead atoms. The number of hydrogen-bond donors (Lipinski definition) is 2. The van der Waals surface area contributed by atoms with Gasteiger partial charge in [0.1, 0.15) is 5.92 Å². The number of H-pyrrole nitrogens is 1. The molecule has 0 saturated carbocycles. The average molecular weight is 300 g/mol. The summed E-state index contributed by atoms with van der Waals surface area (Å²) in [5.74, 6) is -1.86. The number of carbonyl (C=O) groups is 2. The van der Waals surface area contributed by atoms with Crippen LogP contribution in [0, 0.1) is 5.92 Å². The second kappa shape index (κ2) is 5.83. The van der Waals surface area contributed by atoms with Crippen molar-refractivity contribution in [2.24, 2.45) is 5.92 Å². The number of aliphatic carboxylic acids is 1. The van der Waals surface area contributed by atoms with Crippen LogP contribution in [-0.2, 0) is 9.59 Å². The van der Waals surface area contributed by atoms with Crippen molar-refractivity contribution in [3.05, 3.63) is 36.0 Å². The Labute approximate surface area is 128 Å². The van der Waals surface area contributed by atoms with E-state index in [2.05, 4.69) is 23.3 Å². The molecule has 1 amide bonds. The molecule has 1 aromatic carbocycles. The number of piperidine rings is 1. The lowest BCUT2D eigenvalue weighted by atomic mass is 9.89. The summed E-state index contributed by atoms with van der Waals surface area (Å²) in [6, 6.07) is 8.22. The monoisotopic (exact) mass is 300 g/mol. The quantitative estimate of drug-likeness (QED) is 0.856. The molecule has 1 fully saturated rings. The first-order chi connectivity index (χ1) is 10.6. The van der Waals surface area contributed by atoms with Crippen LogP contribution < -0.4 is 0 Å². The van der Waals surface area contributed by atoms with Crippen molar-refractivity contribution in [3.63, 3.8) is 0 Å². The highest BCUT2D eigenvalue weighted by Crippen LogP contribution is 2.33. The number of nitrogens with zero attached hydrogens (tertiary/aromatic N) is 1. The summed E-state index contributed by atoms with van der Waals surface area (Å²) < 4.78 is 0. The molecule has 2 heterocycles. The van der Waals surface area contributed by atoms with E-state index in [1.54, 1.807) is 4.90 Å². The third kappa shape index (κ3) is 2.58. The minimum absolute atomic E-state index is 0.273. The summed E-state index contributed by atoms with van der Waals surface area (Å²) in [6.07, 6.45) is 3.81. The molecule has 1 aliphatic rings. The predicted molar refractivity (Wildman–Crippen MR) is 83.7 cm³/mol. The van der Waals surface area contributed by atoms with Gasteiger partial charge in [0.25, 0.3) is 0 Å². The van der Waals surface area contributed by atoms with Gasteiger partial charge < -0.3 is 15.0 Å². The number of aromatic nitrogens is 1. The fourth-order valence-electron chi connectivity index (χ4n) is 3.22. The van der Waals surface area contributed by atoms with Crippen LogP contribution in [0.25, 0.3) is 10.9 Å². The number of para-hydroxylation sites is 1. The van der Waals surface area contributed by atoms with Gasteiger partial charge in [-0.25, -0.2) is 0 Å². The summed E-state index contributed by atoms with van der Waals surface area (Å²) in [5.41, 5.74) is 2.43. The van der Waals surface area contributed by atoms with Crippen LogP contribution in [0.5, 0.6) is 0 Å². The fraction of sp³-hybridized carbons (Fsp3) is 0.412. The molecule has 5 heteroatoms. The number of benzene rings is 1. The third-order valence-electron chi connectivity index (χ3n) is 4.61. The molecule has 2 N–H and O–H groups in total.